The topological polar surface area (TPSA) is 26.0 Å². The molecule has 2 heterocycles. The standard InChI is InChI=1S/C19H14FNO/c1-12-14(4-2-5-16(12)20)10-13-7-8-17-15(11-13)19-18(22-17)6-3-9-21-19/h2-9,11H,10H2,1H3. The number of rotatable bonds is 2. The number of hydrogen-bond donors (Lipinski definition) is 0. The molecule has 0 fully saturated rings. The molecule has 0 aliphatic heterocycles. The van der Waals surface area contributed by atoms with E-state index >= 15 is 0 Å². The van der Waals surface area contributed by atoms with Gasteiger partial charge in [0.05, 0.1) is 0 Å². The van der Waals surface area contributed by atoms with Gasteiger partial charge in [0.1, 0.15) is 16.9 Å². The first-order chi connectivity index (χ1) is 10.7. The van der Waals surface area contributed by atoms with Crippen molar-refractivity contribution in [3.63, 3.8) is 0 Å². The van der Waals surface area contributed by atoms with Crippen molar-refractivity contribution in [1.29, 1.82) is 0 Å². The maximum atomic E-state index is 13.7. The molecule has 0 unspecified atom stereocenters. The van der Waals surface area contributed by atoms with Crippen LogP contribution in [0.2, 0.25) is 0 Å². The second-order valence-electron chi connectivity index (χ2n) is 5.48. The number of nitrogens with zero attached hydrogens (tertiary/aromatic N) is 1. The highest BCUT2D eigenvalue weighted by molar-refractivity contribution is 6.02. The largest absolute Gasteiger partial charge is 0.454 e. The average molecular weight is 291 g/mol. The van der Waals surface area contributed by atoms with E-state index in [0.29, 0.717) is 12.0 Å². The zero-order valence-electron chi connectivity index (χ0n) is 12.1. The van der Waals surface area contributed by atoms with Crippen molar-refractivity contribution in [2.75, 3.05) is 0 Å². The lowest BCUT2D eigenvalue weighted by Gasteiger charge is -2.06. The highest BCUT2D eigenvalue weighted by Crippen LogP contribution is 2.28. The monoisotopic (exact) mass is 291 g/mol. The third-order valence-electron chi connectivity index (χ3n) is 4.06. The lowest BCUT2D eigenvalue weighted by molar-refractivity contribution is 0.616. The van der Waals surface area contributed by atoms with Gasteiger partial charge in [-0.15, -0.1) is 0 Å². The van der Waals surface area contributed by atoms with Crippen LogP contribution >= 0.6 is 0 Å². The maximum absolute atomic E-state index is 13.7. The molecule has 0 amide bonds. The Labute approximate surface area is 127 Å². The van der Waals surface area contributed by atoms with Crippen LogP contribution in [-0.4, -0.2) is 4.98 Å². The summed E-state index contributed by atoms with van der Waals surface area (Å²) in [5.74, 6) is -0.158. The third kappa shape index (κ3) is 2.06. The van der Waals surface area contributed by atoms with Crippen molar-refractivity contribution in [2.24, 2.45) is 0 Å². The molecule has 3 heteroatoms. The summed E-state index contributed by atoms with van der Waals surface area (Å²) in [6.45, 7) is 1.82. The number of halogens is 1. The van der Waals surface area contributed by atoms with Crippen LogP contribution < -0.4 is 0 Å². The minimum atomic E-state index is -0.158. The Balaban J connectivity index is 1.82. The average Bonchev–Trinajstić information content (AvgIpc) is 2.90. The first-order valence-corrected chi connectivity index (χ1v) is 7.22. The molecule has 0 saturated heterocycles. The lowest BCUT2D eigenvalue weighted by Crippen LogP contribution is -1.94. The number of pyridine rings is 1. The van der Waals surface area contributed by atoms with Gasteiger partial charge in [-0.05, 0) is 60.4 Å². The molecule has 0 spiro atoms. The number of fused-ring (bicyclic) bond motifs is 3. The summed E-state index contributed by atoms with van der Waals surface area (Å²) >= 11 is 0. The van der Waals surface area contributed by atoms with Gasteiger partial charge >= 0.3 is 0 Å². The SMILES string of the molecule is Cc1c(F)cccc1Cc1ccc2oc3cccnc3c2c1. The molecule has 0 radical (unpaired) electrons. The van der Waals surface area contributed by atoms with Crippen LogP contribution in [0.15, 0.2) is 59.1 Å². The number of furan rings is 1. The zero-order chi connectivity index (χ0) is 15.1. The molecule has 4 rings (SSSR count). The Hall–Kier alpha value is -2.68. The second-order valence-corrected chi connectivity index (χ2v) is 5.48. The third-order valence-corrected chi connectivity index (χ3v) is 4.06. The van der Waals surface area contributed by atoms with Gasteiger partial charge in [0.15, 0.2) is 5.58 Å². The molecule has 0 bridgehead atoms. The van der Waals surface area contributed by atoms with Gasteiger partial charge in [0.25, 0.3) is 0 Å². The minimum absolute atomic E-state index is 0.158. The van der Waals surface area contributed by atoms with Crippen molar-refractivity contribution >= 4 is 22.1 Å². The molecule has 0 N–H and O–H groups in total. The molecule has 2 nitrogen and oxygen atoms in total. The van der Waals surface area contributed by atoms with E-state index in [9.17, 15) is 4.39 Å². The van der Waals surface area contributed by atoms with Crippen molar-refractivity contribution in [1.82, 2.24) is 4.98 Å². The van der Waals surface area contributed by atoms with Crippen LogP contribution in [-0.2, 0) is 6.42 Å². The number of hydrogen-bond acceptors (Lipinski definition) is 2. The van der Waals surface area contributed by atoms with E-state index in [-0.39, 0.29) is 5.82 Å². The summed E-state index contributed by atoms with van der Waals surface area (Å²) in [5.41, 5.74) is 5.31. The Kier molecular flexibility index (Phi) is 2.93. The summed E-state index contributed by atoms with van der Waals surface area (Å²) in [5, 5.41) is 1.00. The van der Waals surface area contributed by atoms with Gasteiger partial charge in [0.2, 0.25) is 0 Å². The van der Waals surface area contributed by atoms with E-state index in [0.717, 1.165) is 33.2 Å². The van der Waals surface area contributed by atoms with Crippen molar-refractivity contribution in [3.05, 3.63) is 77.2 Å². The molecule has 4 aromatic rings. The fraction of sp³-hybridized carbons (Fsp3) is 0.105. The summed E-state index contributed by atoms with van der Waals surface area (Å²) in [6, 6.07) is 15.1. The molecule has 2 aromatic carbocycles. The molecule has 108 valence electrons. The normalized spacial score (nSPS) is 11.4. The fourth-order valence-corrected chi connectivity index (χ4v) is 2.82. The zero-order valence-corrected chi connectivity index (χ0v) is 12.1. The van der Waals surface area contributed by atoms with E-state index in [4.69, 9.17) is 4.42 Å². The van der Waals surface area contributed by atoms with Crippen molar-refractivity contribution in [3.8, 4) is 0 Å². The maximum Gasteiger partial charge on any atom is 0.153 e. The van der Waals surface area contributed by atoms with Crippen LogP contribution in [0.4, 0.5) is 4.39 Å². The summed E-state index contributed by atoms with van der Waals surface area (Å²) < 4.78 is 19.4. The van der Waals surface area contributed by atoms with Crippen LogP contribution in [0, 0.1) is 12.7 Å². The van der Waals surface area contributed by atoms with E-state index in [1.165, 1.54) is 6.07 Å². The van der Waals surface area contributed by atoms with Gasteiger partial charge in [-0.2, -0.15) is 0 Å². The molecule has 0 aliphatic rings. The van der Waals surface area contributed by atoms with Gasteiger partial charge in [-0.3, -0.25) is 4.98 Å². The molecule has 0 atom stereocenters. The second kappa shape index (κ2) is 4.95. The van der Waals surface area contributed by atoms with Crippen LogP contribution in [0.5, 0.6) is 0 Å². The van der Waals surface area contributed by atoms with E-state index in [2.05, 4.69) is 11.1 Å². The van der Waals surface area contributed by atoms with Gasteiger partial charge in [0, 0.05) is 11.6 Å². The van der Waals surface area contributed by atoms with Gasteiger partial charge in [-0.25, -0.2) is 4.39 Å². The van der Waals surface area contributed by atoms with Gasteiger partial charge < -0.3 is 4.42 Å². The van der Waals surface area contributed by atoms with Crippen molar-refractivity contribution in [2.45, 2.75) is 13.3 Å². The Morgan fingerprint density at radius 2 is 1.95 bits per heavy atom. The fourth-order valence-electron chi connectivity index (χ4n) is 2.82. The number of aromatic nitrogens is 1. The predicted octanol–water partition coefficient (Wildman–Crippen LogP) is 5.02. The van der Waals surface area contributed by atoms with E-state index < -0.39 is 0 Å². The molecule has 0 saturated carbocycles. The molecular formula is C19H14FNO. The molecular weight excluding hydrogens is 277 g/mol. The predicted molar refractivity (Wildman–Crippen MR) is 85.5 cm³/mol. The quantitative estimate of drug-likeness (QED) is 0.518. The first kappa shape index (κ1) is 13.0. The van der Waals surface area contributed by atoms with Crippen LogP contribution in [0.3, 0.4) is 0 Å². The summed E-state index contributed by atoms with van der Waals surface area (Å²) in [6.07, 6.45) is 2.46. The Morgan fingerprint density at radius 1 is 1.05 bits per heavy atom. The lowest BCUT2D eigenvalue weighted by atomic mass is 9.99. The van der Waals surface area contributed by atoms with Gasteiger partial charge in [-0.1, -0.05) is 18.2 Å². The highest BCUT2D eigenvalue weighted by Gasteiger charge is 2.10. The van der Waals surface area contributed by atoms with E-state index in [1.54, 1.807) is 12.3 Å². The van der Waals surface area contributed by atoms with E-state index in [1.807, 2.05) is 37.3 Å². The highest BCUT2D eigenvalue weighted by atomic mass is 19.1. The minimum Gasteiger partial charge on any atom is -0.454 e. The van der Waals surface area contributed by atoms with Crippen molar-refractivity contribution < 1.29 is 8.81 Å². The smallest absolute Gasteiger partial charge is 0.153 e. The summed E-state index contributed by atoms with van der Waals surface area (Å²) in [4.78, 5) is 4.40. The molecule has 22 heavy (non-hydrogen) atoms. The van der Waals surface area contributed by atoms with Crippen LogP contribution in [0.1, 0.15) is 16.7 Å². The first-order valence-electron chi connectivity index (χ1n) is 7.22. The Bertz CT molecular complexity index is 987. The Morgan fingerprint density at radius 3 is 2.86 bits per heavy atom. The molecule has 0 aliphatic carbocycles. The number of benzene rings is 2. The molecule has 2 aromatic heterocycles. The van der Waals surface area contributed by atoms with Crippen LogP contribution in [0.25, 0.3) is 22.1 Å². The summed E-state index contributed by atoms with van der Waals surface area (Å²) in [7, 11) is 0.